The molecule has 2 rings (SSSR count). The molecule has 1 aliphatic heterocycles. The third-order valence-corrected chi connectivity index (χ3v) is 5.82. The van der Waals surface area contributed by atoms with Gasteiger partial charge in [-0.3, -0.25) is 9.69 Å². The Balaban J connectivity index is 2.14. The summed E-state index contributed by atoms with van der Waals surface area (Å²) in [6.45, 7) is 7.37. The highest BCUT2D eigenvalue weighted by atomic mass is 32.2. The van der Waals surface area contributed by atoms with Crippen LogP contribution in [0.15, 0.2) is 23.1 Å². The van der Waals surface area contributed by atoms with Gasteiger partial charge in [-0.2, -0.15) is 0 Å². The van der Waals surface area contributed by atoms with Crippen molar-refractivity contribution >= 4 is 40.3 Å². The highest BCUT2D eigenvalue weighted by Gasteiger charge is 2.33. The van der Waals surface area contributed by atoms with Crippen molar-refractivity contribution in [1.82, 2.24) is 4.90 Å². The van der Waals surface area contributed by atoms with E-state index in [4.69, 9.17) is 17.0 Å². The summed E-state index contributed by atoms with van der Waals surface area (Å²) in [4.78, 5) is 15.1. The molecule has 1 N–H and O–H groups in total. The largest absolute Gasteiger partial charge is 0.504 e. The molecule has 142 valence electrons. The minimum atomic E-state index is -0.0269. The SMILES string of the molecule is CCCC[C@@H](CC)CN1C(=O)/C(=C/c2ccc(O)c(OCC)c2)SC1=S. The van der Waals surface area contributed by atoms with Crippen LogP contribution in [-0.4, -0.2) is 33.4 Å². The Morgan fingerprint density at radius 1 is 1.35 bits per heavy atom. The maximum Gasteiger partial charge on any atom is 0.266 e. The number of phenolic OH excluding ortho intramolecular Hbond substituents is 1. The Kier molecular flexibility index (Phi) is 7.97. The first-order valence-corrected chi connectivity index (χ1v) is 10.4. The summed E-state index contributed by atoms with van der Waals surface area (Å²) >= 11 is 6.78. The van der Waals surface area contributed by atoms with Crippen LogP contribution in [0.25, 0.3) is 6.08 Å². The third-order valence-electron chi connectivity index (χ3n) is 4.44. The van der Waals surface area contributed by atoms with Crippen molar-refractivity contribution < 1.29 is 14.6 Å². The summed E-state index contributed by atoms with van der Waals surface area (Å²) in [7, 11) is 0. The van der Waals surface area contributed by atoms with Crippen LogP contribution < -0.4 is 4.74 Å². The van der Waals surface area contributed by atoms with Crippen LogP contribution in [0, 0.1) is 5.92 Å². The Bertz CT molecular complexity index is 688. The van der Waals surface area contributed by atoms with Crippen molar-refractivity contribution in [3.63, 3.8) is 0 Å². The Hall–Kier alpha value is -1.53. The zero-order valence-electron chi connectivity index (χ0n) is 15.7. The van der Waals surface area contributed by atoms with E-state index in [1.807, 2.05) is 13.0 Å². The molecule has 26 heavy (non-hydrogen) atoms. The number of thioether (sulfide) groups is 1. The number of rotatable bonds is 9. The van der Waals surface area contributed by atoms with Crippen molar-refractivity contribution in [1.29, 1.82) is 0 Å². The number of carbonyl (C=O) groups excluding carboxylic acids is 1. The molecule has 0 aliphatic carbocycles. The first kappa shape index (κ1) is 20.8. The molecule has 0 aromatic heterocycles. The van der Waals surface area contributed by atoms with Crippen LogP contribution >= 0.6 is 24.0 Å². The number of hydrogen-bond donors (Lipinski definition) is 1. The van der Waals surface area contributed by atoms with E-state index in [1.165, 1.54) is 18.2 Å². The second kappa shape index (κ2) is 9.97. The summed E-state index contributed by atoms with van der Waals surface area (Å²) in [6, 6.07) is 5.08. The smallest absolute Gasteiger partial charge is 0.266 e. The summed E-state index contributed by atoms with van der Waals surface area (Å²) in [5.74, 6) is 0.969. The van der Waals surface area contributed by atoms with E-state index in [0.717, 1.165) is 24.8 Å². The Morgan fingerprint density at radius 2 is 2.12 bits per heavy atom. The van der Waals surface area contributed by atoms with Crippen LogP contribution in [0.1, 0.15) is 52.0 Å². The van der Waals surface area contributed by atoms with Gasteiger partial charge in [0.15, 0.2) is 11.5 Å². The fourth-order valence-corrected chi connectivity index (χ4v) is 4.15. The predicted octanol–water partition coefficient (Wildman–Crippen LogP) is 5.21. The standard InChI is InChI=1S/C20H27NO3S2/c1-4-7-8-14(5-2)13-21-19(23)18(26-20(21)25)12-15-9-10-16(22)17(11-15)24-6-3/h9-12,14,22H,4-8,13H2,1-3H3/b18-12-/t14-/m1/s1. The first-order valence-electron chi connectivity index (χ1n) is 9.21. The number of carbonyl (C=O) groups is 1. The number of hydrogen-bond acceptors (Lipinski definition) is 5. The molecule has 1 heterocycles. The maximum absolute atomic E-state index is 12.8. The third kappa shape index (κ3) is 5.24. The molecule has 1 aromatic carbocycles. The number of amides is 1. The van der Waals surface area contributed by atoms with Gasteiger partial charge in [-0.05, 0) is 43.0 Å². The zero-order valence-corrected chi connectivity index (χ0v) is 17.3. The van der Waals surface area contributed by atoms with Gasteiger partial charge >= 0.3 is 0 Å². The summed E-state index contributed by atoms with van der Waals surface area (Å²) < 4.78 is 6.03. The molecular weight excluding hydrogens is 366 g/mol. The van der Waals surface area contributed by atoms with E-state index in [9.17, 15) is 9.90 Å². The van der Waals surface area contributed by atoms with Crippen LogP contribution in [0.3, 0.4) is 0 Å². The summed E-state index contributed by atoms with van der Waals surface area (Å²) in [5.41, 5.74) is 0.810. The van der Waals surface area contributed by atoms with Crippen molar-refractivity contribution in [2.45, 2.75) is 46.5 Å². The molecule has 1 aromatic rings. The predicted molar refractivity (Wildman–Crippen MR) is 112 cm³/mol. The van der Waals surface area contributed by atoms with Gasteiger partial charge in [-0.25, -0.2) is 0 Å². The Labute approximate surface area is 165 Å². The van der Waals surface area contributed by atoms with Crippen LogP contribution in [0.5, 0.6) is 11.5 Å². The van der Waals surface area contributed by atoms with Gasteiger partial charge in [0.25, 0.3) is 5.91 Å². The molecule has 0 spiro atoms. The van der Waals surface area contributed by atoms with E-state index >= 15 is 0 Å². The lowest BCUT2D eigenvalue weighted by atomic mass is 9.99. The molecule has 0 unspecified atom stereocenters. The number of ether oxygens (including phenoxy) is 1. The fourth-order valence-electron chi connectivity index (χ4n) is 2.88. The number of benzene rings is 1. The lowest BCUT2D eigenvalue weighted by molar-refractivity contribution is -0.122. The van der Waals surface area contributed by atoms with Gasteiger partial charge in [-0.1, -0.05) is 63.2 Å². The molecule has 1 amide bonds. The van der Waals surface area contributed by atoms with Gasteiger partial charge in [0.2, 0.25) is 0 Å². The quantitative estimate of drug-likeness (QED) is 0.461. The molecule has 1 aliphatic rings. The van der Waals surface area contributed by atoms with Crippen molar-refractivity contribution in [3.05, 3.63) is 28.7 Å². The lowest BCUT2D eigenvalue weighted by Crippen LogP contribution is -2.33. The van der Waals surface area contributed by atoms with Gasteiger partial charge < -0.3 is 9.84 Å². The molecule has 1 fully saturated rings. The van der Waals surface area contributed by atoms with Gasteiger partial charge in [-0.15, -0.1) is 0 Å². The molecule has 1 saturated heterocycles. The number of aromatic hydroxyl groups is 1. The fraction of sp³-hybridized carbons (Fsp3) is 0.500. The van der Waals surface area contributed by atoms with Crippen molar-refractivity contribution in [3.8, 4) is 11.5 Å². The highest BCUT2D eigenvalue weighted by molar-refractivity contribution is 8.26. The maximum atomic E-state index is 12.8. The monoisotopic (exact) mass is 393 g/mol. The number of thiocarbonyl (C=S) groups is 1. The minimum Gasteiger partial charge on any atom is -0.504 e. The average molecular weight is 394 g/mol. The van der Waals surface area contributed by atoms with Crippen molar-refractivity contribution in [2.75, 3.05) is 13.2 Å². The molecule has 0 bridgehead atoms. The second-order valence-corrected chi connectivity index (χ2v) is 8.04. The van der Waals surface area contributed by atoms with Crippen LogP contribution in [-0.2, 0) is 4.79 Å². The molecule has 4 nitrogen and oxygen atoms in total. The van der Waals surface area contributed by atoms with Crippen LogP contribution in [0.2, 0.25) is 0 Å². The van der Waals surface area contributed by atoms with E-state index in [-0.39, 0.29) is 11.7 Å². The number of phenols is 1. The first-order chi connectivity index (χ1) is 12.5. The minimum absolute atomic E-state index is 0.0269. The average Bonchev–Trinajstić information content (AvgIpc) is 2.88. The highest BCUT2D eigenvalue weighted by Crippen LogP contribution is 2.35. The van der Waals surface area contributed by atoms with E-state index in [2.05, 4.69) is 13.8 Å². The summed E-state index contributed by atoms with van der Waals surface area (Å²) in [5, 5.41) is 9.81. The van der Waals surface area contributed by atoms with E-state index in [1.54, 1.807) is 23.1 Å². The zero-order chi connectivity index (χ0) is 19.1. The Morgan fingerprint density at radius 3 is 2.77 bits per heavy atom. The van der Waals surface area contributed by atoms with Crippen molar-refractivity contribution in [2.24, 2.45) is 5.92 Å². The number of nitrogens with zero attached hydrogens (tertiary/aromatic N) is 1. The molecular formula is C20H27NO3S2. The van der Waals surface area contributed by atoms with Gasteiger partial charge in [0.1, 0.15) is 4.32 Å². The molecule has 6 heteroatoms. The van der Waals surface area contributed by atoms with Crippen LogP contribution in [0.4, 0.5) is 0 Å². The molecule has 0 saturated carbocycles. The topological polar surface area (TPSA) is 49.8 Å². The number of unbranched alkanes of at least 4 members (excludes halogenated alkanes) is 1. The van der Waals surface area contributed by atoms with Gasteiger partial charge in [0, 0.05) is 6.54 Å². The lowest BCUT2D eigenvalue weighted by Gasteiger charge is -2.21. The molecule has 1 atom stereocenters. The van der Waals surface area contributed by atoms with E-state index in [0.29, 0.717) is 34.0 Å². The normalized spacial score (nSPS) is 17.2. The van der Waals surface area contributed by atoms with E-state index < -0.39 is 0 Å². The van der Waals surface area contributed by atoms with Gasteiger partial charge in [0.05, 0.1) is 11.5 Å². The summed E-state index contributed by atoms with van der Waals surface area (Å²) in [6.07, 6.45) is 6.33. The second-order valence-electron chi connectivity index (χ2n) is 6.37. The molecule has 0 radical (unpaired) electrons.